The molecular formula is C24H24ClNO4. The molecule has 1 N–H and O–H groups in total. The SMILES string of the molecule is CCc1ccc([C@H]2/C(=C(\O)c3ccc(Cl)cc3)C(=O)C(=O)N2C[C@@H]2CCCO2)cc1. The molecule has 30 heavy (non-hydrogen) atoms. The van der Waals surface area contributed by atoms with Crippen LogP contribution in [0.4, 0.5) is 0 Å². The molecule has 0 aromatic heterocycles. The van der Waals surface area contributed by atoms with E-state index in [1.807, 2.05) is 24.3 Å². The molecule has 0 bridgehead atoms. The number of rotatable bonds is 5. The second kappa shape index (κ2) is 8.62. The zero-order valence-corrected chi connectivity index (χ0v) is 17.6. The van der Waals surface area contributed by atoms with Crippen LogP contribution in [0.5, 0.6) is 0 Å². The lowest BCUT2D eigenvalue weighted by Gasteiger charge is -2.27. The Morgan fingerprint density at radius 1 is 1.13 bits per heavy atom. The van der Waals surface area contributed by atoms with Crippen molar-refractivity contribution in [3.63, 3.8) is 0 Å². The molecule has 0 saturated carbocycles. The van der Waals surface area contributed by atoms with E-state index in [0.717, 1.165) is 30.4 Å². The molecule has 0 aliphatic carbocycles. The molecule has 0 spiro atoms. The molecule has 6 heteroatoms. The maximum atomic E-state index is 13.0. The molecule has 0 unspecified atom stereocenters. The Labute approximate surface area is 180 Å². The molecule has 2 atom stereocenters. The minimum atomic E-state index is -0.676. The second-order valence-corrected chi connectivity index (χ2v) is 8.12. The van der Waals surface area contributed by atoms with Crippen LogP contribution in [0.3, 0.4) is 0 Å². The molecule has 0 radical (unpaired) electrons. The quantitative estimate of drug-likeness (QED) is 0.435. The molecule has 2 aromatic rings. The number of hydrogen-bond donors (Lipinski definition) is 1. The van der Waals surface area contributed by atoms with Crippen molar-refractivity contribution in [1.82, 2.24) is 4.90 Å². The number of Topliss-reactive ketones (excluding diaryl/α,β-unsaturated/α-hetero) is 1. The van der Waals surface area contributed by atoms with Gasteiger partial charge in [0.2, 0.25) is 0 Å². The van der Waals surface area contributed by atoms with Gasteiger partial charge in [0.1, 0.15) is 5.76 Å². The van der Waals surface area contributed by atoms with Gasteiger partial charge in [0.15, 0.2) is 0 Å². The monoisotopic (exact) mass is 425 g/mol. The average molecular weight is 426 g/mol. The number of benzene rings is 2. The lowest BCUT2D eigenvalue weighted by atomic mass is 9.94. The van der Waals surface area contributed by atoms with Crippen LogP contribution < -0.4 is 0 Å². The number of carbonyl (C=O) groups excluding carboxylic acids is 2. The van der Waals surface area contributed by atoms with Crippen LogP contribution in [-0.4, -0.2) is 41.0 Å². The van der Waals surface area contributed by atoms with E-state index in [9.17, 15) is 14.7 Å². The van der Waals surface area contributed by atoms with Crippen molar-refractivity contribution in [2.75, 3.05) is 13.2 Å². The van der Waals surface area contributed by atoms with Crippen LogP contribution in [0.1, 0.15) is 42.5 Å². The first-order valence-electron chi connectivity index (χ1n) is 10.2. The van der Waals surface area contributed by atoms with Crippen molar-refractivity contribution >= 4 is 29.1 Å². The van der Waals surface area contributed by atoms with E-state index >= 15 is 0 Å². The number of ether oxygens (including phenoxy) is 1. The summed E-state index contributed by atoms with van der Waals surface area (Å²) >= 11 is 5.96. The standard InChI is InChI=1S/C24H24ClNO4/c1-2-15-5-7-16(8-6-15)21-20(22(27)17-9-11-18(25)12-10-17)23(28)24(29)26(21)14-19-4-3-13-30-19/h5-12,19,21,27H,2-4,13-14H2,1H3/b22-20+/t19-,21-/m0/s1. The summed E-state index contributed by atoms with van der Waals surface area (Å²) in [5.41, 5.74) is 2.50. The highest BCUT2D eigenvalue weighted by molar-refractivity contribution is 6.46. The van der Waals surface area contributed by atoms with Gasteiger partial charge < -0.3 is 14.7 Å². The fourth-order valence-electron chi connectivity index (χ4n) is 4.12. The van der Waals surface area contributed by atoms with Crippen molar-refractivity contribution in [3.8, 4) is 0 Å². The highest BCUT2D eigenvalue weighted by Crippen LogP contribution is 2.40. The summed E-state index contributed by atoms with van der Waals surface area (Å²) in [7, 11) is 0. The minimum Gasteiger partial charge on any atom is -0.507 e. The van der Waals surface area contributed by atoms with Crippen LogP contribution in [0.15, 0.2) is 54.1 Å². The lowest BCUT2D eigenvalue weighted by Crippen LogP contribution is -2.36. The molecule has 4 rings (SSSR count). The fourth-order valence-corrected chi connectivity index (χ4v) is 4.25. The molecule has 1 amide bonds. The third-order valence-corrected chi connectivity index (χ3v) is 6.04. The normalized spacial score (nSPS) is 23.3. The molecule has 156 valence electrons. The summed E-state index contributed by atoms with van der Waals surface area (Å²) in [5.74, 6) is -1.47. The first-order chi connectivity index (χ1) is 14.5. The number of ketones is 1. The van der Waals surface area contributed by atoms with Crippen LogP contribution in [0, 0.1) is 0 Å². The van der Waals surface area contributed by atoms with Gasteiger partial charge >= 0.3 is 0 Å². The van der Waals surface area contributed by atoms with Gasteiger partial charge in [-0.05, 0) is 54.7 Å². The van der Waals surface area contributed by atoms with Crippen molar-refractivity contribution in [2.24, 2.45) is 0 Å². The van der Waals surface area contributed by atoms with E-state index in [0.29, 0.717) is 23.7 Å². The number of aliphatic hydroxyl groups is 1. The number of nitrogens with zero attached hydrogens (tertiary/aromatic N) is 1. The average Bonchev–Trinajstić information content (AvgIpc) is 3.36. The summed E-state index contributed by atoms with van der Waals surface area (Å²) in [5, 5.41) is 11.5. The summed E-state index contributed by atoms with van der Waals surface area (Å²) in [4.78, 5) is 27.5. The maximum absolute atomic E-state index is 13.0. The van der Waals surface area contributed by atoms with Crippen LogP contribution in [0.2, 0.25) is 5.02 Å². The minimum absolute atomic E-state index is 0.101. The summed E-state index contributed by atoms with van der Waals surface area (Å²) < 4.78 is 5.71. The molecule has 2 saturated heterocycles. The topological polar surface area (TPSA) is 66.8 Å². The van der Waals surface area contributed by atoms with Gasteiger partial charge in [-0.3, -0.25) is 9.59 Å². The molecule has 2 heterocycles. The van der Waals surface area contributed by atoms with Crippen LogP contribution >= 0.6 is 11.6 Å². The Balaban J connectivity index is 1.80. The van der Waals surface area contributed by atoms with Gasteiger partial charge in [0, 0.05) is 23.7 Å². The predicted octanol–water partition coefficient (Wildman–Crippen LogP) is 4.50. The number of carbonyl (C=O) groups is 2. The molecular weight excluding hydrogens is 402 g/mol. The Hall–Kier alpha value is -2.63. The van der Waals surface area contributed by atoms with Gasteiger partial charge in [0.05, 0.1) is 17.7 Å². The van der Waals surface area contributed by atoms with E-state index in [2.05, 4.69) is 6.92 Å². The largest absolute Gasteiger partial charge is 0.507 e. The first kappa shape index (κ1) is 20.6. The van der Waals surface area contributed by atoms with Crippen molar-refractivity contribution < 1.29 is 19.4 Å². The van der Waals surface area contributed by atoms with Crippen LogP contribution in [0.25, 0.3) is 5.76 Å². The number of amides is 1. The Morgan fingerprint density at radius 3 is 2.43 bits per heavy atom. The smallest absolute Gasteiger partial charge is 0.295 e. The van der Waals surface area contributed by atoms with E-state index < -0.39 is 17.7 Å². The fraction of sp³-hybridized carbons (Fsp3) is 0.333. The Morgan fingerprint density at radius 2 is 1.83 bits per heavy atom. The highest BCUT2D eigenvalue weighted by Gasteiger charge is 2.47. The Bertz CT molecular complexity index is 975. The summed E-state index contributed by atoms with van der Waals surface area (Å²) in [6.45, 7) is 3.05. The summed E-state index contributed by atoms with van der Waals surface area (Å²) in [6.07, 6.45) is 2.58. The molecule has 2 fully saturated rings. The Kier molecular flexibility index (Phi) is 5.93. The maximum Gasteiger partial charge on any atom is 0.295 e. The van der Waals surface area contributed by atoms with Crippen molar-refractivity contribution in [1.29, 1.82) is 0 Å². The zero-order valence-electron chi connectivity index (χ0n) is 16.8. The van der Waals surface area contributed by atoms with E-state index in [-0.39, 0.29) is 17.4 Å². The highest BCUT2D eigenvalue weighted by atomic mass is 35.5. The second-order valence-electron chi connectivity index (χ2n) is 7.69. The van der Waals surface area contributed by atoms with Crippen molar-refractivity contribution in [2.45, 2.75) is 38.3 Å². The van der Waals surface area contributed by atoms with E-state index in [1.165, 1.54) is 0 Å². The molecule has 5 nitrogen and oxygen atoms in total. The summed E-state index contributed by atoms with van der Waals surface area (Å²) in [6, 6.07) is 13.7. The third kappa shape index (κ3) is 3.87. The third-order valence-electron chi connectivity index (χ3n) is 5.79. The van der Waals surface area contributed by atoms with Gasteiger partial charge in [0.25, 0.3) is 11.7 Å². The lowest BCUT2D eigenvalue weighted by molar-refractivity contribution is -0.140. The number of hydrogen-bond acceptors (Lipinski definition) is 4. The number of aliphatic hydroxyl groups excluding tert-OH is 1. The van der Waals surface area contributed by atoms with Gasteiger partial charge in [-0.2, -0.15) is 0 Å². The van der Waals surface area contributed by atoms with E-state index in [1.54, 1.807) is 29.2 Å². The zero-order chi connectivity index (χ0) is 21.3. The van der Waals surface area contributed by atoms with Crippen molar-refractivity contribution in [3.05, 3.63) is 75.8 Å². The number of halogens is 1. The van der Waals surface area contributed by atoms with Gasteiger partial charge in [-0.15, -0.1) is 0 Å². The number of aryl methyl sites for hydroxylation is 1. The first-order valence-corrected chi connectivity index (χ1v) is 10.6. The molecule has 2 aliphatic rings. The molecule has 2 aromatic carbocycles. The van der Waals surface area contributed by atoms with Crippen LogP contribution in [-0.2, 0) is 20.7 Å². The van der Waals surface area contributed by atoms with Gasteiger partial charge in [-0.1, -0.05) is 42.8 Å². The van der Waals surface area contributed by atoms with Gasteiger partial charge in [-0.25, -0.2) is 0 Å². The predicted molar refractivity (Wildman–Crippen MR) is 115 cm³/mol. The van der Waals surface area contributed by atoms with E-state index in [4.69, 9.17) is 16.3 Å². The number of likely N-dealkylation sites (tertiary alicyclic amines) is 1. The molecule has 2 aliphatic heterocycles.